The van der Waals surface area contributed by atoms with E-state index in [-0.39, 0.29) is 0 Å². The lowest BCUT2D eigenvalue weighted by molar-refractivity contribution is 0.909. The Bertz CT molecular complexity index is 815. The molecule has 108 valence electrons. The number of alkyl halides is 1. The summed E-state index contributed by atoms with van der Waals surface area (Å²) >= 11 is 19.4. The minimum absolute atomic E-state index is 0.509. The van der Waals surface area contributed by atoms with Gasteiger partial charge in [-0.1, -0.05) is 33.6 Å². The van der Waals surface area contributed by atoms with Crippen molar-refractivity contribution in [2.75, 3.05) is 5.88 Å². The molecule has 0 aliphatic rings. The second-order valence-electron chi connectivity index (χ2n) is 4.51. The van der Waals surface area contributed by atoms with Gasteiger partial charge < -0.3 is 0 Å². The SMILES string of the molecule is ClCCc1nc2cccc(Cl)c2n1-c1ccc(Br)cc1Br. The number of benzene rings is 2. The Kier molecular flexibility index (Phi) is 4.60. The van der Waals surface area contributed by atoms with E-state index in [1.165, 1.54) is 0 Å². The zero-order valence-electron chi connectivity index (χ0n) is 10.8. The molecule has 0 aliphatic heterocycles. The van der Waals surface area contributed by atoms with Gasteiger partial charge in [-0.2, -0.15) is 0 Å². The smallest absolute Gasteiger partial charge is 0.115 e. The molecule has 0 N–H and O–H groups in total. The average Bonchev–Trinajstić information content (AvgIpc) is 2.79. The normalized spacial score (nSPS) is 11.2. The molecule has 0 aliphatic carbocycles. The summed E-state index contributed by atoms with van der Waals surface area (Å²) < 4.78 is 4.04. The topological polar surface area (TPSA) is 17.8 Å². The molecule has 0 spiro atoms. The number of aryl methyl sites for hydroxylation is 1. The quantitative estimate of drug-likeness (QED) is 0.450. The van der Waals surface area contributed by atoms with Crippen molar-refractivity contribution in [3.05, 3.63) is 56.2 Å². The molecule has 0 unspecified atom stereocenters. The second-order valence-corrected chi connectivity index (χ2v) is 7.06. The van der Waals surface area contributed by atoms with E-state index in [4.69, 9.17) is 23.2 Å². The third-order valence-electron chi connectivity index (χ3n) is 3.17. The Morgan fingerprint density at radius 2 is 1.95 bits per heavy atom. The van der Waals surface area contributed by atoms with Crippen LogP contribution in [0.5, 0.6) is 0 Å². The molecule has 1 aromatic heterocycles. The molecule has 0 bridgehead atoms. The Morgan fingerprint density at radius 3 is 2.67 bits per heavy atom. The molecule has 0 amide bonds. The van der Waals surface area contributed by atoms with Gasteiger partial charge >= 0.3 is 0 Å². The maximum atomic E-state index is 6.39. The van der Waals surface area contributed by atoms with Crippen LogP contribution < -0.4 is 0 Å². The second kappa shape index (κ2) is 6.29. The maximum Gasteiger partial charge on any atom is 0.115 e. The Hall–Kier alpha value is -0.550. The number of para-hydroxylation sites is 1. The van der Waals surface area contributed by atoms with Gasteiger partial charge in [0.1, 0.15) is 5.82 Å². The molecule has 3 aromatic rings. The van der Waals surface area contributed by atoms with Gasteiger partial charge in [0, 0.05) is 21.2 Å². The van der Waals surface area contributed by atoms with E-state index in [0.29, 0.717) is 17.3 Å². The first-order chi connectivity index (χ1) is 10.1. The van der Waals surface area contributed by atoms with Gasteiger partial charge in [-0.15, -0.1) is 11.6 Å². The first-order valence-corrected chi connectivity index (χ1v) is 8.79. The first kappa shape index (κ1) is 15.3. The highest BCUT2D eigenvalue weighted by Crippen LogP contribution is 2.32. The maximum absolute atomic E-state index is 6.39. The molecule has 0 saturated heterocycles. The molecular weight excluding hydrogens is 439 g/mol. The van der Waals surface area contributed by atoms with Crippen molar-refractivity contribution in [3.8, 4) is 5.69 Å². The molecule has 3 rings (SSSR count). The third-order valence-corrected chi connectivity index (χ3v) is 4.79. The predicted octanol–water partition coefficient (Wildman–Crippen LogP) is 5.99. The number of halogens is 4. The monoisotopic (exact) mass is 446 g/mol. The standard InChI is InChI=1S/C15H10Br2Cl2N2/c16-9-4-5-13(10(17)8-9)21-14(6-7-18)20-12-3-1-2-11(19)15(12)21/h1-5,8H,6-7H2. The lowest BCUT2D eigenvalue weighted by Crippen LogP contribution is -2.03. The molecule has 6 heteroatoms. The molecule has 1 heterocycles. The fraction of sp³-hybridized carbons (Fsp3) is 0.133. The van der Waals surface area contributed by atoms with E-state index < -0.39 is 0 Å². The van der Waals surface area contributed by atoms with Crippen LogP contribution in [0.3, 0.4) is 0 Å². The minimum Gasteiger partial charge on any atom is -0.294 e. The van der Waals surface area contributed by atoms with Gasteiger partial charge in [-0.25, -0.2) is 4.98 Å². The summed E-state index contributed by atoms with van der Waals surface area (Å²) in [4.78, 5) is 4.66. The van der Waals surface area contributed by atoms with Crippen molar-refractivity contribution in [1.29, 1.82) is 0 Å². The summed E-state index contributed by atoms with van der Waals surface area (Å²) in [6.07, 6.45) is 0.676. The van der Waals surface area contributed by atoms with Crippen molar-refractivity contribution in [2.45, 2.75) is 6.42 Å². The highest BCUT2D eigenvalue weighted by Gasteiger charge is 2.16. The number of aromatic nitrogens is 2. The van der Waals surface area contributed by atoms with E-state index in [9.17, 15) is 0 Å². The molecule has 21 heavy (non-hydrogen) atoms. The summed E-state index contributed by atoms with van der Waals surface area (Å²) in [7, 11) is 0. The summed E-state index contributed by atoms with van der Waals surface area (Å²) in [5.41, 5.74) is 2.77. The molecule has 0 radical (unpaired) electrons. The number of nitrogens with zero attached hydrogens (tertiary/aromatic N) is 2. The van der Waals surface area contributed by atoms with Crippen LogP contribution in [0.4, 0.5) is 0 Å². The van der Waals surface area contributed by atoms with Crippen molar-refractivity contribution in [1.82, 2.24) is 9.55 Å². The van der Waals surface area contributed by atoms with Crippen LogP contribution in [0.2, 0.25) is 5.02 Å². The van der Waals surface area contributed by atoms with Crippen molar-refractivity contribution in [3.63, 3.8) is 0 Å². The summed E-state index contributed by atoms with van der Waals surface area (Å²) in [5.74, 6) is 1.41. The van der Waals surface area contributed by atoms with Crippen molar-refractivity contribution >= 4 is 66.1 Å². The van der Waals surface area contributed by atoms with Gasteiger partial charge in [0.15, 0.2) is 0 Å². The molecule has 0 fully saturated rings. The zero-order valence-corrected chi connectivity index (χ0v) is 15.5. The first-order valence-electron chi connectivity index (χ1n) is 6.29. The average molecular weight is 449 g/mol. The highest BCUT2D eigenvalue weighted by atomic mass is 79.9. The molecule has 2 aromatic carbocycles. The van der Waals surface area contributed by atoms with Crippen LogP contribution in [-0.2, 0) is 6.42 Å². The van der Waals surface area contributed by atoms with Gasteiger partial charge in [0.25, 0.3) is 0 Å². The largest absolute Gasteiger partial charge is 0.294 e. The summed E-state index contributed by atoms with van der Waals surface area (Å²) in [6, 6.07) is 11.8. The molecular formula is C15H10Br2Cl2N2. The number of rotatable bonds is 3. The summed E-state index contributed by atoms with van der Waals surface area (Å²) in [5, 5.41) is 0.677. The fourth-order valence-corrected chi connectivity index (χ4v) is 3.96. The van der Waals surface area contributed by atoms with E-state index >= 15 is 0 Å². The lowest BCUT2D eigenvalue weighted by Gasteiger charge is -2.12. The van der Waals surface area contributed by atoms with Gasteiger partial charge in [-0.05, 0) is 46.3 Å². The van der Waals surface area contributed by atoms with Gasteiger partial charge in [0.2, 0.25) is 0 Å². The molecule has 0 saturated carbocycles. The van der Waals surface area contributed by atoms with E-state index in [1.54, 1.807) is 0 Å². The highest BCUT2D eigenvalue weighted by molar-refractivity contribution is 9.11. The van der Waals surface area contributed by atoms with Crippen LogP contribution in [0, 0.1) is 0 Å². The zero-order chi connectivity index (χ0) is 15.0. The molecule has 0 atom stereocenters. The Morgan fingerprint density at radius 1 is 1.14 bits per heavy atom. The Labute approximate surface area is 149 Å². The van der Waals surface area contributed by atoms with Gasteiger partial charge in [-0.3, -0.25) is 4.57 Å². The molecule has 2 nitrogen and oxygen atoms in total. The van der Waals surface area contributed by atoms with E-state index in [0.717, 1.165) is 31.5 Å². The number of imidazole rings is 1. The minimum atomic E-state index is 0.509. The number of fused-ring (bicyclic) bond motifs is 1. The van der Waals surface area contributed by atoms with Crippen LogP contribution in [-0.4, -0.2) is 15.4 Å². The van der Waals surface area contributed by atoms with Crippen LogP contribution in [0.1, 0.15) is 5.82 Å². The van der Waals surface area contributed by atoms with Crippen molar-refractivity contribution in [2.24, 2.45) is 0 Å². The van der Waals surface area contributed by atoms with Crippen LogP contribution >= 0.6 is 55.1 Å². The van der Waals surface area contributed by atoms with Crippen LogP contribution in [0.25, 0.3) is 16.7 Å². The van der Waals surface area contributed by atoms with E-state index in [1.807, 2.05) is 36.4 Å². The Balaban J connectivity index is 2.35. The van der Waals surface area contributed by atoms with Crippen molar-refractivity contribution < 1.29 is 0 Å². The number of hydrogen-bond donors (Lipinski definition) is 0. The third kappa shape index (κ3) is 2.87. The van der Waals surface area contributed by atoms with Crippen LogP contribution in [0.15, 0.2) is 45.3 Å². The lowest BCUT2D eigenvalue weighted by atomic mass is 10.2. The van der Waals surface area contributed by atoms with E-state index in [2.05, 4.69) is 41.4 Å². The predicted molar refractivity (Wildman–Crippen MR) is 95.9 cm³/mol. The fourth-order valence-electron chi connectivity index (χ4n) is 2.31. The van der Waals surface area contributed by atoms with Gasteiger partial charge in [0.05, 0.1) is 21.7 Å². The number of hydrogen-bond acceptors (Lipinski definition) is 1. The summed E-state index contributed by atoms with van der Waals surface area (Å²) in [6.45, 7) is 0.